The number of nitrogens with zero attached hydrogens (tertiary/aromatic N) is 3. The Labute approximate surface area is 125 Å². The third-order valence-electron chi connectivity index (χ3n) is 4.34. The molecule has 0 aromatic rings. The van der Waals surface area contributed by atoms with E-state index < -0.39 is 0 Å². The van der Waals surface area contributed by atoms with Crippen molar-refractivity contribution in [1.29, 1.82) is 5.26 Å². The van der Waals surface area contributed by atoms with E-state index in [-0.39, 0.29) is 5.54 Å². The predicted octanol–water partition coefficient (Wildman–Crippen LogP) is 1.93. The molecule has 0 spiro atoms. The van der Waals surface area contributed by atoms with Crippen molar-refractivity contribution in [3.8, 4) is 6.07 Å². The number of likely N-dealkylation sites (tertiary alicyclic amines) is 1. The van der Waals surface area contributed by atoms with E-state index in [1.54, 1.807) is 0 Å². The Balaban J connectivity index is 2.12. The first kappa shape index (κ1) is 17.4. The van der Waals surface area contributed by atoms with E-state index in [4.69, 9.17) is 0 Å². The first-order valence-electron chi connectivity index (χ1n) is 8.02. The van der Waals surface area contributed by atoms with Crippen molar-refractivity contribution in [3.63, 3.8) is 0 Å². The number of unbranched alkanes of at least 4 members (excludes halogenated alkanes) is 1. The lowest BCUT2D eigenvalue weighted by atomic mass is 9.96. The van der Waals surface area contributed by atoms with Crippen LogP contribution in [-0.4, -0.2) is 62.2 Å². The highest BCUT2D eigenvalue weighted by Gasteiger charge is 2.22. The second kappa shape index (κ2) is 8.61. The average molecular weight is 280 g/mol. The van der Waals surface area contributed by atoms with Gasteiger partial charge >= 0.3 is 0 Å². The topological polar surface area (TPSA) is 42.3 Å². The van der Waals surface area contributed by atoms with Gasteiger partial charge < -0.3 is 9.80 Å². The summed E-state index contributed by atoms with van der Waals surface area (Å²) in [5.41, 5.74) is -0.346. The van der Waals surface area contributed by atoms with Crippen LogP contribution in [0.3, 0.4) is 0 Å². The van der Waals surface area contributed by atoms with Crippen molar-refractivity contribution in [1.82, 2.24) is 15.1 Å². The molecule has 0 saturated carbocycles. The highest BCUT2D eigenvalue weighted by molar-refractivity contribution is 5.03. The molecule has 1 fully saturated rings. The summed E-state index contributed by atoms with van der Waals surface area (Å²) < 4.78 is 0. The Morgan fingerprint density at radius 1 is 1.45 bits per heavy atom. The maximum Gasteiger partial charge on any atom is 0.103 e. The van der Waals surface area contributed by atoms with E-state index in [9.17, 15) is 5.26 Å². The minimum absolute atomic E-state index is 0.346. The van der Waals surface area contributed by atoms with Crippen molar-refractivity contribution >= 4 is 0 Å². The summed E-state index contributed by atoms with van der Waals surface area (Å²) in [4.78, 5) is 4.88. The Morgan fingerprint density at radius 3 is 2.75 bits per heavy atom. The third kappa shape index (κ3) is 6.21. The molecule has 1 rings (SSSR count). The third-order valence-corrected chi connectivity index (χ3v) is 4.34. The van der Waals surface area contributed by atoms with Gasteiger partial charge in [-0.25, -0.2) is 0 Å². The fraction of sp³-hybridized carbons (Fsp3) is 0.938. The molecule has 2 atom stereocenters. The van der Waals surface area contributed by atoms with Gasteiger partial charge in [-0.05, 0) is 72.3 Å². The van der Waals surface area contributed by atoms with Crippen molar-refractivity contribution in [3.05, 3.63) is 0 Å². The molecule has 4 nitrogen and oxygen atoms in total. The zero-order chi connectivity index (χ0) is 15.0. The molecular weight excluding hydrogens is 248 g/mol. The van der Waals surface area contributed by atoms with Crippen LogP contribution in [0.25, 0.3) is 0 Å². The fourth-order valence-electron chi connectivity index (χ4n) is 3.14. The minimum atomic E-state index is -0.346. The van der Waals surface area contributed by atoms with Gasteiger partial charge in [-0.1, -0.05) is 6.92 Å². The highest BCUT2D eigenvalue weighted by atomic mass is 15.1. The number of nitriles is 1. The second-order valence-corrected chi connectivity index (χ2v) is 6.61. The first-order chi connectivity index (χ1) is 9.49. The Morgan fingerprint density at radius 2 is 2.20 bits per heavy atom. The minimum Gasteiger partial charge on any atom is -0.306 e. The summed E-state index contributed by atoms with van der Waals surface area (Å²) in [5, 5.41) is 12.5. The molecule has 1 N–H and O–H groups in total. The number of rotatable bonds is 9. The van der Waals surface area contributed by atoms with Crippen LogP contribution < -0.4 is 5.32 Å². The molecule has 0 radical (unpaired) electrons. The Hall–Kier alpha value is -0.630. The summed E-state index contributed by atoms with van der Waals surface area (Å²) in [6.07, 6.45) is 4.58. The molecule has 0 bridgehead atoms. The number of hydrogen-bond acceptors (Lipinski definition) is 4. The molecule has 4 heteroatoms. The van der Waals surface area contributed by atoms with Crippen molar-refractivity contribution in [2.45, 2.75) is 45.1 Å². The van der Waals surface area contributed by atoms with E-state index >= 15 is 0 Å². The standard InChI is InChI=1S/C16H32N4/c1-5-18-16(2,14-17)9-6-7-10-19(3)12-15-8-11-20(4)13-15/h15,18H,5-13H2,1-4H3. The smallest absolute Gasteiger partial charge is 0.103 e. The summed E-state index contributed by atoms with van der Waals surface area (Å²) >= 11 is 0. The van der Waals surface area contributed by atoms with Crippen LogP contribution in [0.5, 0.6) is 0 Å². The van der Waals surface area contributed by atoms with E-state index in [1.165, 1.54) is 32.5 Å². The fourth-order valence-corrected chi connectivity index (χ4v) is 3.14. The molecule has 0 aliphatic carbocycles. The second-order valence-electron chi connectivity index (χ2n) is 6.61. The van der Waals surface area contributed by atoms with Crippen LogP contribution in [-0.2, 0) is 0 Å². The van der Waals surface area contributed by atoms with Crippen LogP contribution >= 0.6 is 0 Å². The van der Waals surface area contributed by atoms with Gasteiger partial charge in [0.1, 0.15) is 5.54 Å². The molecule has 1 heterocycles. The van der Waals surface area contributed by atoms with Gasteiger partial charge in [-0.3, -0.25) is 5.32 Å². The molecular formula is C16H32N4. The van der Waals surface area contributed by atoms with E-state index in [1.807, 2.05) is 6.92 Å². The van der Waals surface area contributed by atoms with Crippen LogP contribution in [0, 0.1) is 17.2 Å². The molecule has 2 unspecified atom stereocenters. The Bertz CT molecular complexity index is 312. The van der Waals surface area contributed by atoms with Crippen molar-refractivity contribution in [2.24, 2.45) is 5.92 Å². The van der Waals surface area contributed by atoms with E-state index in [0.29, 0.717) is 0 Å². The van der Waals surface area contributed by atoms with Gasteiger partial charge in [0.05, 0.1) is 6.07 Å². The quantitative estimate of drug-likeness (QED) is 0.655. The van der Waals surface area contributed by atoms with Crippen LogP contribution in [0.4, 0.5) is 0 Å². The SMILES string of the molecule is CCNC(C)(C#N)CCCCN(C)CC1CCN(C)C1. The molecule has 20 heavy (non-hydrogen) atoms. The van der Waals surface area contributed by atoms with Gasteiger partial charge in [0, 0.05) is 13.1 Å². The van der Waals surface area contributed by atoms with Gasteiger partial charge in [0.2, 0.25) is 0 Å². The largest absolute Gasteiger partial charge is 0.306 e. The van der Waals surface area contributed by atoms with Crippen LogP contribution in [0.15, 0.2) is 0 Å². The summed E-state index contributed by atoms with van der Waals surface area (Å²) in [7, 11) is 4.44. The maximum atomic E-state index is 9.21. The van der Waals surface area contributed by atoms with Crippen molar-refractivity contribution < 1.29 is 0 Å². The normalized spacial score (nSPS) is 22.9. The summed E-state index contributed by atoms with van der Waals surface area (Å²) in [6, 6.07) is 2.40. The maximum absolute atomic E-state index is 9.21. The molecule has 1 aliphatic heterocycles. The summed E-state index contributed by atoms with van der Waals surface area (Å²) in [6.45, 7) is 9.79. The monoisotopic (exact) mass is 280 g/mol. The van der Waals surface area contributed by atoms with Crippen LogP contribution in [0.2, 0.25) is 0 Å². The number of nitrogens with one attached hydrogen (secondary N) is 1. The lowest BCUT2D eigenvalue weighted by Crippen LogP contribution is -2.40. The van der Waals surface area contributed by atoms with Crippen LogP contribution in [0.1, 0.15) is 39.5 Å². The van der Waals surface area contributed by atoms with Gasteiger partial charge in [-0.2, -0.15) is 5.26 Å². The first-order valence-corrected chi connectivity index (χ1v) is 8.02. The molecule has 0 aromatic carbocycles. The molecule has 116 valence electrons. The van der Waals surface area contributed by atoms with E-state index in [0.717, 1.165) is 31.8 Å². The van der Waals surface area contributed by atoms with Gasteiger partial charge in [0.25, 0.3) is 0 Å². The predicted molar refractivity (Wildman–Crippen MR) is 84.6 cm³/mol. The zero-order valence-corrected chi connectivity index (χ0v) is 13.8. The lowest BCUT2D eigenvalue weighted by molar-refractivity contribution is 0.265. The lowest BCUT2D eigenvalue weighted by Gasteiger charge is -2.24. The molecule has 0 aromatic heterocycles. The summed E-state index contributed by atoms with van der Waals surface area (Å²) in [5.74, 6) is 0.844. The molecule has 1 saturated heterocycles. The van der Waals surface area contributed by atoms with Gasteiger partial charge in [-0.15, -0.1) is 0 Å². The average Bonchev–Trinajstić information content (AvgIpc) is 2.80. The zero-order valence-electron chi connectivity index (χ0n) is 13.8. The highest BCUT2D eigenvalue weighted by Crippen LogP contribution is 2.16. The van der Waals surface area contributed by atoms with Crippen molar-refractivity contribution in [2.75, 3.05) is 46.8 Å². The van der Waals surface area contributed by atoms with E-state index in [2.05, 4.69) is 42.2 Å². The molecule has 0 amide bonds. The molecule has 1 aliphatic rings. The number of hydrogen-bond donors (Lipinski definition) is 1. The van der Waals surface area contributed by atoms with Gasteiger partial charge in [0.15, 0.2) is 0 Å². The Kier molecular flexibility index (Phi) is 7.50.